The Bertz CT molecular complexity index is 373. The van der Waals surface area contributed by atoms with Gasteiger partial charge in [-0.3, -0.25) is 15.1 Å². The number of rotatable bonds is 4. The first kappa shape index (κ1) is 12.4. The monoisotopic (exact) mass is 292 g/mol. The number of nitrogens with zero attached hydrogens (tertiary/aromatic N) is 2. The number of aromatic nitrogens is 1. The minimum absolute atomic E-state index is 0.0171. The first-order valence-electron chi connectivity index (χ1n) is 4.47. The van der Waals surface area contributed by atoms with Crippen LogP contribution in [-0.4, -0.2) is 15.3 Å². The van der Waals surface area contributed by atoms with Gasteiger partial charge in [-0.05, 0) is 22.4 Å². The third-order valence-corrected chi connectivity index (χ3v) is 2.87. The topological polar surface area (TPSA) is 56.0 Å². The van der Waals surface area contributed by atoms with Crippen molar-refractivity contribution >= 4 is 33.2 Å². The second-order valence-electron chi connectivity index (χ2n) is 3.09. The summed E-state index contributed by atoms with van der Waals surface area (Å²) in [5, 5.41) is 10.6. The first-order chi connectivity index (χ1) is 7.04. The molecule has 0 saturated carbocycles. The van der Waals surface area contributed by atoms with E-state index in [2.05, 4.69) is 20.9 Å². The van der Waals surface area contributed by atoms with Gasteiger partial charge in [0.2, 0.25) is 0 Å². The Morgan fingerprint density at radius 1 is 1.73 bits per heavy atom. The molecular formula is C9H10BrClN2O2. The van der Waals surface area contributed by atoms with Gasteiger partial charge < -0.3 is 0 Å². The maximum absolute atomic E-state index is 10.7. The maximum atomic E-state index is 10.7. The largest absolute Gasteiger partial charge is 0.291 e. The molecule has 1 atom stereocenters. The van der Waals surface area contributed by atoms with E-state index in [0.717, 1.165) is 6.42 Å². The number of hydrogen-bond acceptors (Lipinski definition) is 3. The van der Waals surface area contributed by atoms with Crippen molar-refractivity contribution < 1.29 is 4.92 Å². The fourth-order valence-electron chi connectivity index (χ4n) is 1.13. The molecule has 0 radical (unpaired) electrons. The van der Waals surface area contributed by atoms with Crippen molar-refractivity contribution in [1.82, 2.24) is 4.98 Å². The molecule has 1 heterocycles. The summed E-state index contributed by atoms with van der Waals surface area (Å²) in [6.07, 6.45) is 2.72. The molecule has 0 saturated heterocycles. The van der Waals surface area contributed by atoms with Gasteiger partial charge >= 0.3 is 0 Å². The smallest absolute Gasteiger partial charge is 0.258 e. The average molecular weight is 294 g/mol. The molecule has 82 valence electrons. The zero-order valence-corrected chi connectivity index (χ0v) is 10.5. The molecule has 15 heavy (non-hydrogen) atoms. The fourth-order valence-corrected chi connectivity index (χ4v) is 1.59. The molecule has 0 bridgehead atoms. The third kappa shape index (κ3) is 3.43. The summed E-state index contributed by atoms with van der Waals surface area (Å²) >= 11 is 9.09. The van der Waals surface area contributed by atoms with Crippen LogP contribution >= 0.6 is 27.5 Å². The molecule has 0 aliphatic carbocycles. The van der Waals surface area contributed by atoms with Crippen LogP contribution in [0.3, 0.4) is 0 Å². The Morgan fingerprint density at radius 2 is 2.40 bits per heavy atom. The summed E-state index contributed by atoms with van der Waals surface area (Å²) in [6, 6.07) is 1.45. The highest BCUT2D eigenvalue weighted by atomic mass is 79.9. The van der Waals surface area contributed by atoms with E-state index in [0.29, 0.717) is 16.6 Å². The molecule has 0 amide bonds. The van der Waals surface area contributed by atoms with Gasteiger partial charge in [-0.2, -0.15) is 0 Å². The van der Waals surface area contributed by atoms with E-state index >= 15 is 0 Å². The van der Waals surface area contributed by atoms with Gasteiger partial charge in [-0.15, -0.1) is 11.6 Å². The molecule has 1 unspecified atom stereocenters. The Labute approximate surface area is 101 Å². The van der Waals surface area contributed by atoms with Crippen LogP contribution in [0.1, 0.15) is 19.0 Å². The minimum atomic E-state index is -0.438. The number of hydrogen-bond donors (Lipinski definition) is 0. The third-order valence-electron chi connectivity index (χ3n) is 1.97. The summed E-state index contributed by atoms with van der Waals surface area (Å²) in [5.41, 5.74) is 0.452. The van der Waals surface area contributed by atoms with Gasteiger partial charge in [0.1, 0.15) is 5.69 Å². The van der Waals surface area contributed by atoms with Crippen LogP contribution in [0.25, 0.3) is 0 Å². The van der Waals surface area contributed by atoms with E-state index < -0.39 is 4.92 Å². The van der Waals surface area contributed by atoms with Crippen molar-refractivity contribution in [2.45, 2.75) is 25.1 Å². The molecule has 1 aromatic rings. The molecule has 1 aromatic heterocycles. The molecule has 0 spiro atoms. The maximum Gasteiger partial charge on any atom is 0.291 e. The van der Waals surface area contributed by atoms with Gasteiger partial charge in [0.25, 0.3) is 5.69 Å². The van der Waals surface area contributed by atoms with Crippen LogP contribution in [0.2, 0.25) is 0 Å². The molecular weight excluding hydrogens is 283 g/mol. The van der Waals surface area contributed by atoms with Crippen LogP contribution in [0, 0.1) is 10.1 Å². The molecule has 6 heteroatoms. The van der Waals surface area contributed by atoms with Crippen molar-refractivity contribution in [3.05, 3.63) is 32.5 Å². The summed E-state index contributed by atoms with van der Waals surface area (Å²) < 4.78 is 0.598. The molecule has 0 N–H and O–H groups in total. The lowest BCUT2D eigenvalue weighted by Gasteiger charge is -2.06. The highest BCUT2D eigenvalue weighted by molar-refractivity contribution is 9.10. The summed E-state index contributed by atoms with van der Waals surface area (Å²) in [7, 11) is 0. The Balaban J connectivity index is 3.01. The Morgan fingerprint density at radius 3 is 2.93 bits per heavy atom. The van der Waals surface area contributed by atoms with E-state index in [1.54, 1.807) is 6.20 Å². The van der Waals surface area contributed by atoms with Crippen LogP contribution < -0.4 is 0 Å². The zero-order chi connectivity index (χ0) is 11.4. The average Bonchev–Trinajstić information content (AvgIpc) is 2.20. The lowest BCUT2D eigenvalue weighted by molar-refractivity contribution is -0.386. The number of alkyl halides is 1. The first-order valence-corrected chi connectivity index (χ1v) is 5.70. The van der Waals surface area contributed by atoms with Crippen LogP contribution in [0.5, 0.6) is 0 Å². The van der Waals surface area contributed by atoms with Crippen molar-refractivity contribution in [1.29, 1.82) is 0 Å². The lowest BCUT2D eigenvalue weighted by Crippen LogP contribution is -2.06. The highest BCUT2D eigenvalue weighted by Gasteiger charge is 2.17. The van der Waals surface area contributed by atoms with E-state index in [9.17, 15) is 10.1 Å². The Hall–Kier alpha value is -0.680. The Kier molecular flexibility index (Phi) is 4.47. The molecule has 0 fully saturated rings. The fraction of sp³-hybridized carbons (Fsp3) is 0.444. The normalized spacial score (nSPS) is 12.5. The summed E-state index contributed by atoms with van der Waals surface area (Å²) in [5.74, 6) is 0. The van der Waals surface area contributed by atoms with Crippen molar-refractivity contribution in [2.75, 3.05) is 0 Å². The standard InChI is InChI=1S/C9H10BrClN2O2/c1-2-7(11)4-8-9(13(14)15)3-6(10)5-12-8/h3,5,7H,2,4H2,1H3. The van der Waals surface area contributed by atoms with Crippen LogP contribution in [0.4, 0.5) is 5.69 Å². The number of pyridine rings is 1. The van der Waals surface area contributed by atoms with Crippen molar-refractivity contribution in [2.24, 2.45) is 0 Å². The van der Waals surface area contributed by atoms with Gasteiger partial charge in [0, 0.05) is 28.5 Å². The molecule has 0 aliphatic rings. The predicted octanol–water partition coefficient (Wildman–Crippen LogP) is 3.31. The predicted molar refractivity (Wildman–Crippen MR) is 62.2 cm³/mol. The van der Waals surface area contributed by atoms with E-state index in [1.165, 1.54) is 6.07 Å². The number of nitro groups is 1. The van der Waals surface area contributed by atoms with Crippen molar-refractivity contribution in [3.63, 3.8) is 0 Å². The zero-order valence-electron chi connectivity index (χ0n) is 8.11. The van der Waals surface area contributed by atoms with Gasteiger partial charge in [-0.25, -0.2) is 0 Å². The molecule has 0 aromatic carbocycles. The van der Waals surface area contributed by atoms with Gasteiger partial charge in [0.15, 0.2) is 0 Å². The van der Waals surface area contributed by atoms with E-state index in [4.69, 9.17) is 11.6 Å². The molecule has 0 aliphatic heterocycles. The SMILES string of the molecule is CCC(Cl)Cc1ncc(Br)cc1[N+](=O)[O-]. The molecule has 4 nitrogen and oxygen atoms in total. The van der Waals surface area contributed by atoms with E-state index in [1.807, 2.05) is 6.92 Å². The van der Waals surface area contributed by atoms with Crippen LogP contribution in [0.15, 0.2) is 16.7 Å². The van der Waals surface area contributed by atoms with Gasteiger partial charge in [0.05, 0.1) is 4.92 Å². The summed E-state index contributed by atoms with van der Waals surface area (Å²) in [6.45, 7) is 1.93. The van der Waals surface area contributed by atoms with Crippen LogP contribution in [-0.2, 0) is 6.42 Å². The van der Waals surface area contributed by atoms with E-state index in [-0.39, 0.29) is 11.1 Å². The van der Waals surface area contributed by atoms with Crippen molar-refractivity contribution in [3.8, 4) is 0 Å². The van der Waals surface area contributed by atoms with Gasteiger partial charge in [-0.1, -0.05) is 6.92 Å². The quantitative estimate of drug-likeness (QED) is 0.486. The minimum Gasteiger partial charge on any atom is -0.258 e. The number of halogens is 2. The summed E-state index contributed by atoms with van der Waals surface area (Å²) in [4.78, 5) is 14.3. The second-order valence-corrected chi connectivity index (χ2v) is 4.62. The molecule has 1 rings (SSSR count). The lowest BCUT2D eigenvalue weighted by atomic mass is 10.1. The highest BCUT2D eigenvalue weighted by Crippen LogP contribution is 2.23. The second kappa shape index (κ2) is 5.42.